The van der Waals surface area contributed by atoms with Crippen molar-refractivity contribution in [2.24, 2.45) is 0 Å². The number of hydrogen-bond donors (Lipinski definition) is 0. The number of benzene rings is 2. The average molecular weight is 223 g/mol. The van der Waals surface area contributed by atoms with Gasteiger partial charge < -0.3 is 4.90 Å². The fourth-order valence-electron chi connectivity index (χ4n) is 2.45. The summed E-state index contributed by atoms with van der Waals surface area (Å²) in [5, 5.41) is 0. The molecule has 1 heterocycles. The van der Waals surface area contributed by atoms with Gasteiger partial charge in [-0.1, -0.05) is 48.5 Å². The molecule has 0 radical (unpaired) electrons. The molecule has 84 valence electrons. The van der Waals surface area contributed by atoms with Crippen molar-refractivity contribution in [2.45, 2.75) is 5.92 Å². The van der Waals surface area contributed by atoms with Crippen molar-refractivity contribution in [3.05, 3.63) is 65.7 Å². The molecule has 17 heavy (non-hydrogen) atoms. The summed E-state index contributed by atoms with van der Waals surface area (Å²) in [7, 11) is 1.84. The molecule has 1 aliphatic rings. The van der Waals surface area contributed by atoms with Crippen LogP contribution in [0.3, 0.4) is 0 Å². The Balaban J connectivity index is 2.16. The molecule has 0 aromatic heterocycles. The van der Waals surface area contributed by atoms with E-state index in [1.807, 2.05) is 61.6 Å². The summed E-state index contributed by atoms with van der Waals surface area (Å²) < 4.78 is 0. The van der Waals surface area contributed by atoms with E-state index in [4.69, 9.17) is 0 Å². The Kier molecular flexibility index (Phi) is 2.22. The Morgan fingerprint density at radius 1 is 0.941 bits per heavy atom. The standard InChI is InChI=1S/C15H13NO/c1-16-13-10-6-5-9-12(13)14(15(16)17)11-7-3-2-4-8-11/h2-10,14H,1H3/t14-/m0/s1. The summed E-state index contributed by atoms with van der Waals surface area (Å²) >= 11 is 0. The van der Waals surface area contributed by atoms with E-state index in [1.165, 1.54) is 0 Å². The third-order valence-corrected chi connectivity index (χ3v) is 3.32. The maximum absolute atomic E-state index is 12.3. The van der Waals surface area contributed by atoms with Crippen LogP contribution in [0.5, 0.6) is 0 Å². The molecule has 0 fully saturated rings. The maximum Gasteiger partial charge on any atom is 0.238 e. The molecule has 2 heteroatoms. The molecule has 0 saturated heterocycles. The van der Waals surface area contributed by atoms with Gasteiger partial charge in [0.25, 0.3) is 0 Å². The number of carbonyl (C=O) groups excluding carboxylic acids is 1. The van der Waals surface area contributed by atoms with Crippen molar-refractivity contribution >= 4 is 11.6 Å². The summed E-state index contributed by atoms with van der Waals surface area (Å²) in [5.74, 6) is 0.00907. The van der Waals surface area contributed by atoms with Crippen LogP contribution in [0.2, 0.25) is 0 Å². The summed E-state index contributed by atoms with van der Waals surface area (Å²) in [6.07, 6.45) is 0. The predicted octanol–water partition coefficient (Wildman–Crippen LogP) is 2.79. The third-order valence-electron chi connectivity index (χ3n) is 3.32. The highest BCUT2D eigenvalue weighted by Crippen LogP contribution is 2.39. The van der Waals surface area contributed by atoms with Crippen LogP contribution >= 0.6 is 0 Å². The first-order chi connectivity index (χ1) is 8.29. The first kappa shape index (κ1) is 10.1. The van der Waals surface area contributed by atoms with E-state index in [-0.39, 0.29) is 11.8 Å². The molecule has 1 atom stereocenters. The Bertz CT molecular complexity index is 562. The number of likely N-dealkylation sites (N-methyl/N-ethyl adjacent to an activating group) is 1. The summed E-state index contributed by atoms with van der Waals surface area (Å²) in [6, 6.07) is 17.9. The number of rotatable bonds is 1. The van der Waals surface area contributed by atoms with Crippen LogP contribution in [0, 0.1) is 0 Å². The summed E-state index contributed by atoms with van der Waals surface area (Å²) in [4.78, 5) is 14.0. The van der Waals surface area contributed by atoms with Crippen LogP contribution in [0.25, 0.3) is 0 Å². The fourth-order valence-corrected chi connectivity index (χ4v) is 2.45. The van der Waals surface area contributed by atoms with Crippen molar-refractivity contribution in [3.8, 4) is 0 Å². The monoisotopic (exact) mass is 223 g/mol. The third kappa shape index (κ3) is 1.45. The minimum Gasteiger partial charge on any atom is -0.314 e. The normalized spacial score (nSPS) is 18.3. The fraction of sp³-hybridized carbons (Fsp3) is 0.133. The van der Waals surface area contributed by atoms with E-state index in [0.29, 0.717) is 0 Å². The van der Waals surface area contributed by atoms with Gasteiger partial charge in [-0.15, -0.1) is 0 Å². The second-order valence-corrected chi connectivity index (χ2v) is 4.30. The lowest BCUT2D eigenvalue weighted by Gasteiger charge is -2.11. The van der Waals surface area contributed by atoms with Crippen molar-refractivity contribution in [1.29, 1.82) is 0 Å². The number of nitrogens with zero attached hydrogens (tertiary/aromatic N) is 1. The van der Waals surface area contributed by atoms with Gasteiger partial charge in [0.05, 0.1) is 5.92 Å². The van der Waals surface area contributed by atoms with Gasteiger partial charge in [0.1, 0.15) is 0 Å². The highest BCUT2D eigenvalue weighted by molar-refractivity contribution is 6.06. The zero-order valence-corrected chi connectivity index (χ0v) is 9.63. The molecular formula is C15H13NO. The van der Waals surface area contributed by atoms with Gasteiger partial charge in [-0.25, -0.2) is 0 Å². The van der Waals surface area contributed by atoms with Crippen LogP contribution in [0.1, 0.15) is 17.0 Å². The van der Waals surface area contributed by atoms with Gasteiger partial charge in [-0.3, -0.25) is 4.79 Å². The Labute approximate surface area is 100 Å². The number of anilines is 1. The molecular weight excluding hydrogens is 210 g/mol. The predicted molar refractivity (Wildman–Crippen MR) is 68.1 cm³/mol. The molecule has 2 aromatic rings. The van der Waals surface area contributed by atoms with E-state index in [9.17, 15) is 4.79 Å². The van der Waals surface area contributed by atoms with Gasteiger partial charge in [0.15, 0.2) is 0 Å². The highest BCUT2D eigenvalue weighted by Gasteiger charge is 2.35. The van der Waals surface area contributed by atoms with Crippen LogP contribution in [-0.4, -0.2) is 13.0 Å². The molecule has 0 aliphatic carbocycles. The molecule has 2 nitrogen and oxygen atoms in total. The molecule has 0 spiro atoms. The molecule has 0 saturated carbocycles. The van der Waals surface area contributed by atoms with E-state index in [1.54, 1.807) is 4.90 Å². The molecule has 1 amide bonds. The SMILES string of the molecule is CN1C(=O)[C@@H](c2ccccc2)c2ccccc21. The zero-order chi connectivity index (χ0) is 11.8. The van der Waals surface area contributed by atoms with Crippen molar-refractivity contribution in [2.75, 3.05) is 11.9 Å². The smallest absolute Gasteiger partial charge is 0.238 e. The molecule has 2 aromatic carbocycles. The van der Waals surface area contributed by atoms with Crippen LogP contribution in [0.15, 0.2) is 54.6 Å². The van der Waals surface area contributed by atoms with E-state index in [0.717, 1.165) is 16.8 Å². The largest absolute Gasteiger partial charge is 0.314 e. The quantitative estimate of drug-likeness (QED) is 0.728. The van der Waals surface area contributed by atoms with Crippen molar-refractivity contribution in [1.82, 2.24) is 0 Å². The minimum absolute atomic E-state index is 0.141. The molecule has 3 rings (SSSR count). The van der Waals surface area contributed by atoms with Crippen molar-refractivity contribution < 1.29 is 4.79 Å². The van der Waals surface area contributed by atoms with Crippen LogP contribution in [0.4, 0.5) is 5.69 Å². The second kappa shape index (κ2) is 3.74. The maximum atomic E-state index is 12.3. The first-order valence-electron chi connectivity index (χ1n) is 5.70. The summed E-state index contributed by atoms with van der Waals surface area (Å²) in [6.45, 7) is 0. The molecule has 1 aliphatic heterocycles. The van der Waals surface area contributed by atoms with E-state index >= 15 is 0 Å². The van der Waals surface area contributed by atoms with Gasteiger partial charge in [-0.05, 0) is 17.2 Å². The van der Waals surface area contributed by atoms with Gasteiger partial charge in [0, 0.05) is 12.7 Å². The highest BCUT2D eigenvalue weighted by atomic mass is 16.2. The number of para-hydroxylation sites is 1. The Morgan fingerprint density at radius 2 is 1.59 bits per heavy atom. The topological polar surface area (TPSA) is 20.3 Å². The number of amides is 1. The molecule has 0 unspecified atom stereocenters. The van der Waals surface area contributed by atoms with Gasteiger partial charge >= 0.3 is 0 Å². The Hall–Kier alpha value is -2.09. The number of carbonyl (C=O) groups is 1. The lowest BCUT2D eigenvalue weighted by atomic mass is 9.93. The first-order valence-corrected chi connectivity index (χ1v) is 5.70. The van der Waals surface area contributed by atoms with Gasteiger partial charge in [0.2, 0.25) is 5.91 Å². The lowest BCUT2D eigenvalue weighted by molar-refractivity contribution is -0.118. The zero-order valence-electron chi connectivity index (χ0n) is 9.63. The minimum atomic E-state index is -0.141. The number of fused-ring (bicyclic) bond motifs is 1. The molecule has 0 bridgehead atoms. The Morgan fingerprint density at radius 3 is 2.35 bits per heavy atom. The summed E-state index contributed by atoms with van der Waals surface area (Å²) in [5.41, 5.74) is 3.19. The lowest BCUT2D eigenvalue weighted by Crippen LogP contribution is -2.24. The second-order valence-electron chi connectivity index (χ2n) is 4.30. The van der Waals surface area contributed by atoms with Gasteiger partial charge in [-0.2, -0.15) is 0 Å². The van der Waals surface area contributed by atoms with Crippen LogP contribution in [-0.2, 0) is 4.79 Å². The van der Waals surface area contributed by atoms with E-state index in [2.05, 4.69) is 0 Å². The van der Waals surface area contributed by atoms with E-state index < -0.39 is 0 Å². The van der Waals surface area contributed by atoms with Crippen LogP contribution < -0.4 is 4.90 Å². The molecule has 0 N–H and O–H groups in total. The average Bonchev–Trinajstić information content (AvgIpc) is 2.64. The number of hydrogen-bond acceptors (Lipinski definition) is 1. The van der Waals surface area contributed by atoms with Crippen molar-refractivity contribution in [3.63, 3.8) is 0 Å².